The van der Waals surface area contributed by atoms with Crippen molar-refractivity contribution in [3.63, 3.8) is 0 Å². The van der Waals surface area contributed by atoms with E-state index >= 15 is 0 Å². The van der Waals surface area contributed by atoms with Gasteiger partial charge in [0.15, 0.2) is 0 Å². The normalized spacial score (nSPS) is 32.4. The fraction of sp³-hybridized carbons (Fsp3) is 0.900. The van der Waals surface area contributed by atoms with E-state index in [9.17, 15) is 0 Å². The molecule has 0 aromatic heterocycles. The molecule has 0 saturated heterocycles. The summed E-state index contributed by atoms with van der Waals surface area (Å²) in [5.41, 5.74) is 0.545. The first kappa shape index (κ1) is 8.10. The third kappa shape index (κ3) is 1.36. The molecule has 0 nitrogen and oxygen atoms in total. The van der Waals surface area contributed by atoms with Gasteiger partial charge in [0.2, 0.25) is 0 Å². The van der Waals surface area contributed by atoms with Gasteiger partial charge in [-0.25, -0.2) is 0 Å². The minimum atomic E-state index is 0.545. The molecule has 0 amide bonds. The first-order valence-corrected chi connectivity index (χ1v) is 4.31. The quantitative estimate of drug-likeness (QED) is 0.551. The summed E-state index contributed by atoms with van der Waals surface area (Å²) in [4.78, 5) is 0. The molecule has 0 aromatic rings. The SMILES string of the molecule is CC(C)C(C)C1[CH]C1(C)C. The maximum absolute atomic E-state index is 2.47. The largest absolute Gasteiger partial charge is 0.0625 e. The third-order valence-electron chi connectivity index (χ3n) is 2.98. The predicted octanol–water partition coefficient (Wildman–Crippen LogP) is 3.14. The number of hydrogen-bond acceptors (Lipinski definition) is 0. The molecule has 1 saturated carbocycles. The zero-order valence-corrected chi connectivity index (χ0v) is 7.81. The molecular weight excluding hydrogens is 120 g/mol. The molecule has 10 heavy (non-hydrogen) atoms. The van der Waals surface area contributed by atoms with Crippen LogP contribution in [0.25, 0.3) is 0 Å². The van der Waals surface area contributed by atoms with Crippen molar-refractivity contribution >= 4 is 0 Å². The highest BCUT2D eigenvalue weighted by Crippen LogP contribution is 2.55. The fourth-order valence-corrected chi connectivity index (χ4v) is 1.66. The number of rotatable bonds is 2. The van der Waals surface area contributed by atoms with Crippen molar-refractivity contribution in [2.24, 2.45) is 23.2 Å². The first-order valence-electron chi connectivity index (χ1n) is 4.31. The lowest BCUT2D eigenvalue weighted by Crippen LogP contribution is -2.09. The minimum Gasteiger partial charge on any atom is -0.0625 e. The Morgan fingerprint density at radius 1 is 1.20 bits per heavy atom. The summed E-state index contributed by atoms with van der Waals surface area (Å²) < 4.78 is 0. The summed E-state index contributed by atoms with van der Waals surface area (Å²) >= 11 is 0. The van der Waals surface area contributed by atoms with Gasteiger partial charge >= 0.3 is 0 Å². The molecule has 1 aliphatic carbocycles. The van der Waals surface area contributed by atoms with Gasteiger partial charge in [-0.05, 0) is 29.6 Å². The van der Waals surface area contributed by atoms with E-state index in [1.54, 1.807) is 0 Å². The Balaban J connectivity index is 2.40. The van der Waals surface area contributed by atoms with Gasteiger partial charge in [0.25, 0.3) is 0 Å². The summed E-state index contributed by atoms with van der Waals surface area (Å²) in [6.07, 6.45) is 2.47. The van der Waals surface area contributed by atoms with Gasteiger partial charge in [-0.1, -0.05) is 34.6 Å². The lowest BCUT2D eigenvalue weighted by atomic mass is 9.89. The molecule has 59 valence electrons. The average Bonchev–Trinajstić information content (AvgIpc) is 2.38. The second kappa shape index (κ2) is 2.25. The van der Waals surface area contributed by atoms with Gasteiger partial charge in [-0.2, -0.15) is 0 Å². The zero-order chi connectivity index (χ0) is 7.94. The van der Waals surface area contributed by atoms with Crippen molar-refractivity contribution < 1.29 is 0 Å². The van der Waals surface area contributed by atoms with Gasteiger partial charge in [-0.3, -0.25) is 0 Å². The molecule has 0 heteroatoms. The first-order chi connectivity index (χ1) is 4.45. The van der Waals surface area contributed by atoms with Crippen LogP contribution in [0, 0.1) is 29.6 Å². The van der Waals surface area contributed by atoms with Gasteiger partial charge in [0, 0.05) is 0 Å². The summed E-state index contributed by atoms with van der Waals surface area (Å²) in [7, 11) is 0. The maximum atomic E-state index is 2.47. The van der Waals surface area contributed by atoms with E-state index in [4.69, 9.17) is 0 Å². The summed E-state index contributed by atoms with van der Waals surface area (Å²) in [5, 5.41) is 0. The summed E-state index contributed by atoms with van der Waals surface area (Å²) in [6, 6.07) is 0. The van der Waals surface area contributed by atoms with Gasteiger partial charge in [-0.15, -0.1) is 0 Å². The Hall–Kier alpha value is 0. The van der Waals surface area contributed by atoms with Crippen molar-refractivity contribution in [3.8, 4) is 0 Å². The van der Waals surface area contributed by atoms with Crippen LogP contribution in [0.3, 0.4) is 0 Å². The number of hydrogen-bond donors (Lipinski definition) is 0. The molecule has 0 bridgehead atoms. The molecule has 1 radical (unpaired) electrons. The Kier molecular flexibility index (Phi) is 1.82. The van der Waals surface area contributed by atoms with E-state index in [0.717, 1.165) is 17.8 Å². The highest BCUT2D eigenvalue weighted by molar-refractivity contribution is 5.15. The van der Waals surface area contributed by atoms with Crippen LogP contribution in [0.5, 0.6) is 0 Å². The molecule has 2 unspecified atom stereocenters. The Morgan fingerprint density at radius 2 is 1.60 bits per heavy atom. The summed E-state index contributed by atoms with van der Waals surface area (Å²) in [6.45, 7) is 11.6. The highest BCUT2D eigenvalue weighted by Gasteiger charge is 2.49. The highest BCUT2D eigenvalue weighted by atomic mass is 14.5. The van der Waals surface area contributed by atoms with E-state index in [0.29, 0.717) is 5.41 Å². The van der Waals surface area contributed by atoms with Gasteiger partial charge in [0.1, 0.15) is 0 Å². The molecule has 2 atom stereocenters. The average molecular weight is 139 g/mol. The Labute approximate surface area is 65.0 Å². The monoisotopic (exact) mass is 139 g/mol. The standard InChI is InChI=1S/C10H19/c1-7(2)8(3)9-6-10(9,4)5/h6-9H,1-5H3. The molecule has 0 aromatic carbocycles. The lowest BCUT2D eigenvalue weighted by Gasteiger charge is -2.16. The van der Waals surface area contributed by atoms with Crippen molar-refractivity contribution in [2.45, 2.75) is 34.6 Å². The minimum absolute atomic E-state index is 0.545. The van der Waals surface area contributed by atoms with E-state index in [-0.39, 0.29) is 0 Å². The van der Waals surface area contributed by atoms with Crippen LogP contribution in [0.2, 0.25) is 0 Å². The van der Waals surface area contributed by atoms with Gasteiger partial charge in [0.05, 0.1) is 0 Å². The summed E-state index contributed by atoms with van der Waals surface area (Å²) in [5.74, 6) is 2.59. The lowest BCUT2D eigenvalue weighted by molar-refractivity contribution is 0.330. The maximum Gasteiger partial charge on any atom is -0.0286 e. The van der Waals surface area contributed by atoms with E-state index in [1.165, 1.54) is 0 Å². The zero-order valence-electron chi connectivity index (χ0n) is 7.81. The van der Waals surface area contributed by atoms with Crippen LogP contribution in [0.4, 0.5) is 0 Å². The molecule has 1 aliphatic rings. The van der Waals surface area contributed by atoms with Crippen molar-refractivity contribution in [1.29, 1.82) is 0 Å². The van der Waals surface area contributed by atoms with Gasteiger partial charge < -0.3 is 0 Å². The van der Waals surface area contributed by atoms with Crippen LogP contribution in [-0.4, -0.2) is 0 Å². The topological polar surface area (TPSA) is 0 Å². The second-order valence-electron chi connectivity index (χ2n) is 4.62. The molecule has 1 fully saturated rings. The van der Waals surface area contributed by atoms with Crippen LogP contribution < -0.4 is 0 Å². The van der Waals surface area contributed by atoms with Crippen LogP contribution >= 0.6 is 0 Å². The predicted molar refractivity (Wildman–Crippen MR) is 45.6 cm³/mol. The van der Waals surface area contributed by atoms with Crippen LogP contribution in [0.15, 0.2) is 0 Å². The van der Waals surface area contributed by atoms with E-state index in [1.807, 2.05) is 0 Å². The Morgan fingerprint density at radius 3 is 1.70 bits per heavy atom. The third-order valence-corrected chi connectivity index (χ3v) is 2.98. The van der Waals surface area contributed by atoms with Crippen LogP contribution in [0.1, 0.15) is 34.6 Å². The molecule has 0 heterocycles. The van der Waals surface area contributed by atoms with Crippen molar-refractivity contribution in [3.05, 3.63) is 6.42 Å². The van der Waals surface area contributed by atoms with Crippen molar-refractivity contribution in [1.82, 2.24) is 0 Å². The van der Waals surface area contributed by atoms with Crippen LogP contribution in [-0.2, 0) is 0 Å². The molecular formula is C10H19. The molecule has 0 aliphatic heterocycles. The Bertz CT molecular complexity index is 122. The van der Waals surface area contributed by atoms with E-state index in [2.05, 4.69) is 41.0 Å². The molecule has 0 spiro atoms. The molecule has 1 rings (SSSR count). The second-order valence-corrected chi connectivity index (χ2v) is 4.62. The molecule has 0 N–H and O–H groups in total. The van der Waals surface area contributed by atoms with Crippen molar-refractivity contribution in [2.75, 3.05) is 0 Å². The smallest absolute Gasteiger partial charge is 0.0286 e. The fourth-order valence-electron chi connectivity index (χ4n) is 1.66. The van der Waals surface area contributed by atoms with E-state index < -0.39 is 0 Å².